The average Bonchev–Trinajstić information content (AvgIpc) is 2.80. The minimum Gasteiger partial charge on any atom is -0.481 e. The van der Waals surface area contributed by atoms with Crippen LogP contribution in [0.5, 0.6) is 0 Å². The number of rotatable bonds is 22. The lowest BCUT2D eigenvalue weighted by atomic mass is 10.1. The topological polar surface area (TPSA) is 66.4 Å². The predicted molar refractivity (Wildman–Crippen MR) is 139 cm³/mol. The predicted octanol–water partition coefficient (Wildman–Crippen LogP) is 7.41. The van der Waals surface area contributed by atoms with E-state index in [0.29, 0.717) is 19.4 Å². The summed E-state index contributed by atoms with van der Waals surface area (Å²) >= 11 is 0. The van der Waals surface area contributed by atoms with E-state index < -0.39 is 5.97 Å². The Morgan fingerprint density at radius 1 is 0.606 bits per heavy atom. The second kappa shape index (κ2) is 26.3. The van der Waals surface area contributed by atoms with Gasteiger partial charge in [0.15, 0.2) is 0 Å². The Labute approximate surface area is 204 Å². The van der Waals surface area contributed by atoms with Crippen LogP contribution in [0.3, 0.4) is 0 Å². The van der Waals surface area contributed by atoms with Crippen LogP contribution >= 0.6 is 0 Å². The number of hydrogen-bond acceptors (Lipinski definition) is 2. The summed E-state index contributed by atoms with van der Waals surface area (Å²) in [6.45, 7) is 2.72. The third kappa shape index (κ3) is 28.0. The van der Waals surface area contributed by atoms with Gasteiger partial charge in [0.1, 0.15) is 0 Å². The molecule has 2 N–H and O–H groups in total. The molecule has 0 saturated heterocycles. The van der Waals surface area contributed by atoms with E-state index in [1.54, 1.807) is 0 Å². The van der Waals surface area contributed by atoms with E-state index in [9.17, 15) is 9.59 Å². The number of hydrogen-bond donors (Lipinski definition) is 2. The first kappa shape index (κ1) is 31.1. The summed E-state index contributed by atoms with van der Waals surface area (Å²) in [5.41, 5.74) is 0. The van der Waals surface area contributed by atoms with E-state index in [1.165, 1.54) is 77.0 Å². The molecule has 0 aromatic heterocycles. The van der Waals surface area contributed by atoms with Gasteiger partial charge >= 0.3 is 5.97 Å². The largest absolute Gasteiger partial charge is 0.481 e. The number of carbonyl (C=O) groups is 2. The van der Waals surface area contributed by atoms with Crippen molar-refractivity contribution in [2.75, 3.05) is 6.54 Å². The van der Waals surface area contributed by atoms with Crippen molar-refractivity contribution in [3.63, 3.8) is 0 Å². The van der Waals surface area contributed by atoms with E-state index in [-0.39, 0.29) is 12.3 Å². The maximum atomic E-state index is 11.6. The first-order valence-electron chi connectivity index (χ1n) is 13.6. The van der Waals surface area contributed by atoms with E-state index in [4.69, 9.17) is 5.11 Å². The van der Waals surface area contributed by atoms with Gasteiger partial charge in [0, 0.05) is 32.2 Å². The van der Waals surface area contributed by atoms with Crippen molar-refractivity contribution in [1.29, 1.82) is 0 Å². The third-order valence-corrected chi connectivity index (χ3v) is 5.74. The zero-order valence-corrected chi connectivity index (χ0v) is 21.3. The molecule has 0 aliphatic rings. The highest BCUT2D eigenvalue weighted by atomic mass is 16.4. The molecular formula is C29H49NO3. The van der Waals surface area contributed by atoms with Crippen LogP contribution in [0.25, 0.3) is 0 Å². The molecule has 0 unspecified atom stereocenters. The van der Waals surface area contributed by atoms with E-state index in [1.807, 2.05) is 0 Å². The summed E-state index contributed by atoms with van der Waals surface area (Å²) in [4.78, 5) is 22.0. The van der Waals surface area contributed by atoms with Crippen LogP contribution in [0.2, 0.25) is 0 Å². The fourth-order valence-corrected chi connectivity index (χ4v) is 3.68. The van der Waals surface area contributed by atoms with Crippen LogP contribution in [0.1, 0.15) is 142 Å². The lowest BCUT2D eigenvalue weighted by Gasteiger charge is -2.04. The summed E-state index contributed by atoms with van der Waals surface area (Å²) in [5, 5.41) is 11.3. The highest BCUT2D eigenvalue weighted by molar-refractivity contribution is 5.75. The molecule has 0 saturated carbocycles. The fraction of sp³-hybridized carbons (Fsp3) is 0.793. The quantitative estimate of drug-likeness (QED) is 0.131. The van der Waals surface area contributed by atoms with Crippen LogP contribution < -0.4 is 5.32 Å². The van der Waals surface area contributed by atoms with E-state index in [2.05, 4.69) is 35.9 Å². The average molecular weight is 460 g/mol. The smallest absolute Gasteiger partial charge is 0.303 e. The summed E-state index contributed by atoms with van der Waals surface area (Å²) in [7, 11) is 0. The Balaban J connectivity index is 3.32. The minimum absolute atomic E-state index is 0.0324. The summed E-state index contributed by atoms with van der Waals surface area (Å²) in [6.07, 6.45) is 23.2. The zero-order chi connectivity index (χ0) is 24.2. The van der Waals surface area contributed by atoms with Crippen molar-refractivity contribution >= 4 is 11.9 Å². The minimum atomic E-state index is -0.817. The molecule has 0 aromatic carbocycles. The molecule has 0 aliphatic heterocycles. The molecule has 188 valence electrons. The van der Waals surface area contributed by atoms with Crippen LogP contribution in [0.15, 0.2) is 0 Å². The Kier molecular flexibility index (Phi) is 24.8. The summed E-state index contributed by atoms with van der Waals surface area (Å²) in [6, 6.07) is 0. The van der Waals surface area contributed by atoms with Crippen molar-refractivity contribution in [1.82, 2.24) is 5.32 Å². The normalized spacial score (nSPS) is 10.1. The van der Waals surface area contributed by atoms with E-state index in [0.717, 1.165) is 38.5 Å². The van der Waals surface area contributed by atoms with Crippen molar-refractivity contribution in [3.05, 3.63) is 0 Å². The maximum absolute atomic E-state index is 11.6. The van der Waals surface area contributed by atoms with Gasteiger partial charge in [-0.1, -0.05) is 102 Å². The Morgan fingerprint density at radius 2 is 1.06 bits per heavy atom. The molecule has 0 bridgehead atoms. The van der Waals surface area contributed by atoms with Gasteiger partial charge in [-0.25, -0.2) is 0 Å². The molecule has 4 nitrogen and oxygen atoms in total. The van der Waals surface area contributed by atoms with Crippen molar-refractivity contribution in [3.8, 4) is 23.7 Å². The molecule has 0 rings (SSSR count). The molecular weight excluding hydrogens is 410 g/mol. The Morgan fingerprint density at radius 3 is 1.55 bits per heavy atom. The summed E-state index contributed by atoms with van der Waals surface area (Å²) < 4.78 is 0. The molecule has 0 radical (unpaired) electrons. The zero-order valence-electron chi connectivity index (χ0n) is 21.3. The second-order valence-corrected chi connectivity index (χ2v) is 9.00. The number of aliphatic carboxylic acids is 1. The van der Waals surface area contributed by atoms with Gasteiger partial charge in [0.05, 0.1) is 0 Å². The van der Waals surface area contributed by atoms with Crippen LogP contribution in [0.4, 0.5) is 0 Å². The monoisotopic (exact) mass is 459 g/mol. The molecule has 0 spiro atoms. The lowest BCUT2D eigenvalue weighted by molar-refractivity contribution is -0.137. The van der Waals surface area contributed by atoms with Gasteiger partial charge in [0.2, 0.25) is 5.91 Å². The molecule has 0 fully saturated rings. The van der Waals surface area contributed by atoms with Gasteiger partial charge in [-0.05, 0) is 37.5 Å². The van der Waals surface area contributed by atoms with Crippen molar-refractivity contribution in [2.45, 2.75) is 142 Å². The molecule has 0 aromatic rings. The standard InChI is InChI=1S/C29H49NO3/c1-2-3-4-5-6-7-8-9-10-11-12-13-14-15-16-17-18-19-20-21-22-23-25-28(31)30-27-24-26-29(32)33/h2-12,17-27H2,1H3,(H,30,31)(H,32,33). The van der Waals surface area contributed by atoms with E-state index >= 15 is 0 Å². The first-order valence-corrected chi connectivity index (χ1v) is 13.6. The maximum Gasteiger partial charge on any atom is 0.303 e. The number of unbranched alkanes of at least 4 members (excludes halogenated alkanes) is 16. The Bertz CT molecular complexity index is 591. The molecule has 0 aliphatic carbocycles. The third-order valence-electron chi connectivity index (χ3n) is 5.74. The number of nitrogens with one attached hydrogen (secondary N) is 1. The highest BCUT2D eigenvalue weighted by Crippen LogP contribution is 2.11. The van der Waals surface area contributed by atoms with Crippen LogP contribution in [0, 0.1) is 23.7 Å². The number of carboxylic acid groups (broad SMARTS) is 1. The number of carboxylic acids is 1. The van der Waals surface area contributed by atoms with Crippen LogP contribution in [-0.4, -0.2) is 23.5 Å². The lowest BCUT2D eigenvalue weighted by Crippen LogP contribution is -2.24. The fourth-order valence-electron chi connectivity index (χ4n) is 3.68. The number of carbonyl (C=O) groups excluding carboxylic acids is 1. The SMILES string of the molecule is CCCCCCCCCCCCC#CC#CCCCCCCCCC(=O)NCCCC(=O)O. The first-order chi connectivity index (χ1) is 16.2. The molecule has 0 heterocycles. The van der Waals surface area contributed by atoms with Crippen molar-refractivity contribution in [2.24, 2.45) is 0 Å². The number of amides is 1. The van der Waals surface area contributed by atoms with Gasteiger partial charge in [0.25, 0.3) is 0 Å². The summed E-state index contributed by atoms with van der Waals surface area (Å²) in [5.74, 6) is 11.5. The van der Waals surface area contributed by atoms with Gasteiger partial charge in [-0.15, -0.1) is 0 Å². The second-order valence-electron chi connectivity index (χ2n) is 9.00. The van der Waals surface area contributed by atoms with Crippen molar-refractivity contribution < 1.29 is 14.7 Å². The molecule has 0 atom stereocenters. The molecule has 1 amide bonds. The highest BCUT2D eigenvalue weighted by Gasteiger charge is 2.02. The van der Waals surface area contributed by atoms with Crippen LogP contribution in [-0.2, 0) is 9.59 Å². The van der Waals surface area contributed by atoms with Gasteiger partial charge < -0.3 is 10.4 Å². The Hall–Kier alpha value is -1.94. The molecule has 33 heavy (non-hydrogen) atoms. The van der Waals surface area contributed by atoms with Gasteiger partial charge in [-0.2, -0.15) is 0 Å². The molecule has 4 heteroatoms. The van der Waals surface area contributed by atoms with Gasteiger partial charge in [-0.3, -0.25) is 9.59 Å².